The summed E-state index contributed by atoms with van der Waals surface area (Å²) >= 11 is 0. The van der Waals surface area contributed by atoms with Crippen molar-refractivity contribution in [1.82, 2.24) is 0 Å². The number of nitrogens with two attached hydrogens (primary N) is 1. The first-order valence-corrected chi connectivity index (χ1v) is 6.06. The van der Waals surface area contributed by atoms with Crippen LogP contribution in [0.25, 0.3) is 0 Å². The maximum absolute atomic E-state index is 6.57. The molecule has 3 rings (SSSR count). The molecule has 0 aromatic heterocycles. The first-order chi connectivity index (χ1) is 7.62. The molecule has 2 saturated carbocycles. The summed E-state index contributed by atoms with van der Waals surface area (Å²) in [4.78, 5) is 0. The van der Waals surface area contributed by atoms with Crippen LogP contribution in [-0.4, -0.2) is 7.11 Å². The Morgan fingerprint density at radius 3 is 2.62 bits per heavy atom. The Balaban J connectivity index is 2.01. The Hall–Kier alpha value is -1.02. The molecule has 2 nitrogen and oxygen atoms in total. The first-order valence-electron chi connectivity index (χ1n) is 6.06. The minimum absolute atomic E-state index is 0.134. The van der Waals surface area contributed by atoms with E-state index in [1.807, 2.05) is 6.07 Å². The number of fused-ring (bicyclic) bond motifs is 1. The molecule has 0 heterocycles. The first kappa shape index (κ1) is 10.2. The summed E-state index contributed by atoms with van der Waals surface area (Å²) in [5.74, 6) is 2.72. The van der Waals surface area contributed by atoms with Crippen LogP contribution in [0.5, 0.6) is 5.75 Å². The number of hydrogen-bond donors (Lipinski definition) is 1. The Kier molecular flexibility index (Phi) is 2.05. The summed E-state index contributed by atoms with van der Waals surface area (Å²) in [6.45, 7) is 2.11. The van der Waals surface area contributed by atoms with Crippen LogP contribution in [0.2, 0.25) is 0 Å². The molecule has 0 saturated heterocycles. The van der Waals surface area contributed by atoms with Crippen LogP contribution in [0, 0.1) is 18.8 Å². The number of hydrogen-bond acceptors (Lipinski definition) is 2. The van der Waals surface area contributed by atoms with Gasteiger partial charge in [-0.25, -0.2) is 0 Å². The lowest BCUT2D eigenvalue weighted by atomic mass is 9.85. The third kappa shape index (κ3) is 1.44. The third-order valence-corrected chi connectivity index (χ3v) is 4.21. The van der Waals surface area contributed by atoms with E-state index in [4.69, 9.17) is 10.5 Å². The zero-order valence-electron chi connectivity index (χ0n) is 9.99. The second kappa shape index (κ2) is 3.24. The summed E-state index contributed by atoms with van der Waals surface area (Å²) in [5.41, 5.74) is 8.91. The Morgan fingerprint density at radius 2 is 2.00 bits per heavy atom. The molecular weight excluding hydrogens is 198 g/mol. The molecule has 2 unspecified atom stereocenters. The highest BCUT2D eigenvalue weighted by atomic mass is 16.5. The standard InChI is InChI=1S/C14H19NO/c1-9-3-4-13(16-2)12(5-9)14(15)7-10-6-11(10)8-14/h3-5,10-11H,6-8,15H2,1-2H3. The summed E-state index contributed by atoms with van der Waals surface area (Å²) in [7, 11) is 1.73. The van der Waals surface area contributed by atoms with Crippen molar-refractivity contribution in [2.24, 2.45) is 17.6 Å². The molecule has 2 heteroatoms. The lowest BCUT2D eigenvalue weighted by molar-refractivity contribution is 0.362. The van der Waals surface area contributed by atoms with Crippen molar-refractivity contribution in [3.05, 3.63) is 29.3 Å². The molecule has 0 bridgehead atoms. The van der Waals surface area contributed by atoms with Gasteiger partial charge in [-0.15, -0.1) is 0 Å². The predicted octanol–water partition coefficient (Wildman–Crippen LogP) is 2.59. The van der Waals surface area contributed by atoms with E-state index >= 15 is 0 Å². The Labute approximate surface area is 96.8 Å². The maximum atomic E-state index is 6.57. The quantitative estimate of drug-likeness (QED) is 0.826. The van der Waals surface area contributed by atoms with Gasteiger partial charge in [-0.3, -0.25) is 0 Å². The van der Waals surface area contributed by atoms with Gasteiger partial charge < -0.3 is 10.5 Å². The van der Waals surface area contributed by atoms with Crippen LogP contribution in [0.15, 0.2) is 18.2 Å². The van der Waals surface area contributed by atoms with Gasteiger partial charge in [0.05, 0.1) is 7.11 Å². The van der Waals surface area contributed by atoms with Crippen LogP contribution >= 0.6 is 0 Å². The molecule has 1 aromatic carbocycles. The van der Waals surface area contributed by atoms with Crippen LogP contribution < -0.4 is 10.5 Å². The average molecular weight is 217 g/mol. The minimum Gasteiger partial charge on any atom is -0.496 e. The third-order valence-electron chi connectivity index (χ3n) is 4.21. The molecule has 86 valence electrons. The second-order valence-electron chi connectivity index (χ2n) is 5.52. The number of methoxy groups -OCH3 is 1. The minimum atomic E-state index is -0.134. The monoisotopic (exact) mass is 217 g/mol. The SMILES string of the molecule is COc1ccc(C)cc1C1(N)CC2CC2C1. The lowest BCUT2D eigenvalue weighted by Gasteiger charge is -2.28. The summed E-state index contributed by atoms with van der Waals surface area (Å²) in [6.07, 6.45) is 3.67. The van der Waals surface area contributed by atoms with Gasteiger partial charge in [0.25, 0.3) is 0 Å². The van der Waals surface area contributed by atoms with Gasteiger partial charge >= 0.3 is 0 Å². The molecule has 0 spiro atoms. The fourth-order valence-electron chi connectivity index (χ4n) is 3.26. The van der Waals surface area contributed by atoms with Crippen molar-refractivity contribution in [2.75, 3.05) is 7.11 Å². The van der Waals surface area contributed by atoms with Crippen molar-refractivity contribution in [2.45, 2.75) is 31.7 Å². The van der Waals surface area contributed by atoms with Crippen molar-refractivity contribution >= 4 is 0 Å². The summed E-state index contributed by atoms with van der Waals surface area (Å²) < 4.78 is 5.45. The molecule has 16 heavy (non-hydrogen) atoms. The van der Waals surface area contributed by atoms with E-state index in [0.29, 0.717) is 0 Å². The molecule has 2 fully saturated rings. The van der Waals surface area contributed by atoms with Gasteiger partial charge in [-0.2, -0.15) is 0 Å². The van der Waals surface area contributed by atoms with Crippen molar-refractivity contribution in [3.8, 4) is 5.75 Å². The zero-order chi connectivity index (χ0) is 11.3. The lowest BCUT2D eigenvalue weighted by Crippen LogP contribution is -2.35. The molecule has 2 atom stereocenters. The summed E-state index contributed by atoms with van der Waals surface area (Å²) in [6, 6.07) is 6.33. The molecule has 2 aliphatic carbocycles. The van der Waals surface area contributed by atoms with E-state index in [1.165, 1.54) is 17.5 Å². The highest BCUT2D eigenvalue weighted by Gasteiger charge is 2.53. The van der Waals surface area contributed by atoms with E-state index in [2.05, 4.69) is 19.1 Å². The Morgan fingerprint density at radius 1 is 1.31 bits per heavy atom. The molecule has 2 aliphatic rings. The van der Waals surface area contributed by atoms with Crippen LogP contribution in [0.3, 0.4) is 0 Å². The molecule has 0 amide bonds. The Bertz CT molecular complexity index is 417. The molecule has 0 radical (unpaired) electrons. The second-order valence-corrected chi connectivity index (χ2v) is 5.52. The van der Waals surface area contributed by atoms with E-state index in [1.54, 1.807) is 7.11 Å². The number of rotatable bonds is 2. The predicted molar refractivity (Wildman–Crippen MR) is 64.4 cm³/mol. The van der Waals surface area contributed by atoms with Gasteiger partial charge in [0, 0.05) is 11.1 Å². The van der Waals surface area contributed by atoms with Crippen molar-refractivity contribution in [1.29, 1.82) is 0 Å². The maximum Gasteiger partial charge on any atom is 0.123 e. The molecule has 0 aliphatic heterocycles. The van der Waals surface area contributed by atoms with Crippen LogP contribution in [0.1, 0.15) is 30.4 Å². The van der Waals surface area contributed by atoms with E-state index in [9.17, 15) is 0 Å². The topological polar surface area (TPSA) is 35.2 Å². The molecule has 1 aromatic rings. The van der Waals surface area contributed by atoms with Crippen molar-refractivity contribution < 1.29 is 4.74 Å². The normalized spacial score (nSPS) is 35.9. The highest BCUT2D eigenvalue weighted by molar-refractivity contribution is 5.43. The fraction of sp³-hybridized carbons (Fsp3) is 0.571. The fourth-order valence-corrected chi connectivity index (χ4v) is 3.26. The molecule has 2 N–H and O–H groups in total. The van der Waals surface area contributed by atoms with Gasteiger partial charge in [-0.1, -0.05) is 17.7 Å². The number of aryl methyl sites for hydroxylation is 1. The molecular formula is C14H19NO. The van der Waals surface area contributed by atoms with Crippen LogP contribution in [0.4, 0.5) is 0 Å². The van der Waals surface area contributed by atoms with E-state index in [0.717, 1.165) is 30.4 Å². The van der Waals surface area contributed by atoms with E-state index < -0.39 is 0 Å². The largest absolute Gasteiger partial charge is 0.496 e. The van der Waals surface area contributed by atoms with E-state index in [-0.39, 0.29) is 5.54 Å². The van der Waals surface area contributed by atoms with Gasteiger partial charge in [0.2, 0.25) is 0 Å². The van der Waals surface area contributed by atoms with Gasteiger partial charge in [0.1, 0.15) is 5.75 Å². The zero-order valence-corrected chi connectivity index (χ0v) is 9.99. The smallest absolute Gasteiger partial charge is 0.123 e. The van der Waals surface area contributed by atoms with Crippen LogP contribution in [-0.2, 0) is 5.54 Å². The van der Waals surface area contributed by atoms with Gasteiger partial charge in [0.15, 0.2) is 0 Å². The van der Waals surface area contributed by atoms with Gasteiger partial charge in [-0.05, 0) is 44.1 Å². The number of ether oxygens (including phenoxy) is 1. The number of benzene rings is 1. The highest BCUT2D eigenvalue weighted by Crippen LogP contribution is 2.59. The summed E-state index contributed by atoms with van der Waals surface area (Å²) in [5, 5.41) is 0. The van der Waals surface area contributed by atoms with Crippen molar-refractivity contribution in [3.63, 3.8) is 0 Å². The average Bonchev–Trinajstić information content (AvgIpc) is 2.87.